The van der Waals surface area contributed by atoms with Gasteiger partial charge in [0.25, 0.3) is 0 Å². The van der Waals surface area contributed by atoms with E-state index in [0.29, 0.717) is 15.5 Å². The van der Waals surface area contributed by atoms with Crippen molar-refractivity contribution in [3.63, 3.8) is 0 Å². The Morgan fingerprint density at radius 1 is 1.18 bits per heavy atom. The fraction of sp³-hybridized carbons (Fsp3) is 0.0833. The number of aliphatic hydroxyl groups is 1. The molecule has 2 aromatic rings. The molecule has 0 amide bonds. The van der Waals surface area contributed by atoms with Crippen LogP contribution >= 0.6 is 11.8 Å². The highest BCUT2D eigenvalue weighted by Crippen LogP contribution is 2.28. The van der Waals surface area contributed by atoms with Crippen LogP contribution in [0.4, 0.5) is 8.78 Å². The summed E-state index contributed by atoms with van der Waals surface area (Å²) >= 11 is 1.11. The predicted molar refractivity (Wildman–Crippen MR) is 60.6 cm³/mol. The van der Waals surface area contributed by atoms with E-state index < -0.39 is 11.6 Å². The van der Waals surface area contributed by atoms with Gasteiger partial charge in [0.05, 0.1) is 6.61 Å². The lowest BCUT2D eigenvalue weighted by Gasteiger charge is -2.03. The minimum absolute atomic E-state index is 0.0805. The van der Waals surface area contributed by atoms with Crippen molar-refractivity contribution in [3.8, 4) is 0 Å². The van der Waals surface area contributed by atoms with E-state index in [0.717, 1.165) is 17.8 Å². The van der Waals surface area contributed by atoms with Crippen LogP contribution in [-0.4, -0.2) is 10.1 Å². The first-order chi connectivity index (χ1) is 8.19. The molecule has 0 fully saturated rings. The van der Waals surface area contributed by atoms with Crippen LogP contribution in [0.5, 0.6) is 0 Å². The molecule has 0 unspecified atom stereocenters. The van der Waals surface area contributed by atoms with E-state index in [1.165, 1.54) is 18.3 Å². The van der Waals surface area contributed by atoms with Crippen molar-refractivity contribution in [2.45, 2.75) is 16.5 Å². The minimum Gasteiger partial charge on any atom is -0.392 e. The van der Waals surface area contributed by atoms with E-state index in [1.54, 1.807) is 12.1 Å². The third-order valence-electron chi connectivity index (χ3n) is 2.09. The number of pyridine rings is 1. The number of aliphatic hydroxyl groups excluding tert-OH is 1. The largest absolute Gasteiger partial charge is 0.392 e. The summed E-state index contributed by atoms with van der Waals surface area (Å²) in [7, 11) is 0. The van der Waals surface area contributed by atoms with Crippen LogP contribution in [0.1, 0.15) is 5.56 Å². The Hall–Kier alpha value is -1.46. The number of nitrogens with zero attached hydrogens (tertiary/aromatic N) is 1. The van der Waals surface area contributed by atoms with Gasteiger partial charge < -0.3 is 5.11 Å². The Balaban J connectivity index is 2.19. The quantitative estimate of drug-likeness (QED) is 0.912. The van der Waals surface area contributed by atoms with Crippen molar-refractivity contribution in [2.75, 3.05) is 0 Å². The SMILES string of the molecule is OCc1ccc(Sc2ccc(F)cc2F)nc1. The maximum atomic E-state index is 13.4. The average molecular weight is 253 g/mol. The number of halogens is 2. The summed E-state index contributed by atoms with van der Waals surface area (Å²) in [5.41, 5.74) is 0.689. The first-order valence-corrected chi connectivity index (χ1v) is 5.69. The molecule has 0 radical (unpaired) electrons. The van der Waals surface area contributed by atoms with Gasteiger partial charge in [-0.15, -0.1) is 0 Å². The second kappa shape index (κ2) is 5.25. The van der Waals surface area contributed by atoms with Crippen LogP contribution in [0.25, 0.3) is 0 Å². The van der Waals surface area contributed by atoms with Crippen LogP contribution < -0.4 is 0 Å². The van der Waals surface area contributed by atoms with Gasteiger partial charge in [0.2, 0.25) is 0 Å². The summed E-state index contributed by atoms with van der Waals surface area (Å²) in [5.74, 6) is -1.21. The Kier molecular flexibility index (Phi) is 3.71. The monoisotopic (exact) mass is 253 g/mol. The van der Waals surface area contributed by atoms with Gasteiger partial charge in [-0.05, 0) is 23.8 Å². The summed E-state index contributed by atoms with van der Waals surface area (Å²) in [4.78, 5) is 4.37. The van der Waals surface area contributed by atoms with E-state index in [4.69, 9.17) is 5.11 Å². The first kappa shape index (κ1) is 12.0. The number of hydrogen-bond acceptors (Lipinski definition) is 3. The van der Waals surface area contributed by atoms with Gasteiger partial charge in [-0.25, -0.2) is 13.8 Å². The molecule has 0 aliphatic heterocycles. The minimum atomic E-state index is -0.608. The van der Waals surface area contributed by atoms with Crippen LogP contribution in [0.2, 0.25) is 0 Å². The number of benzene rings is 1. The van der Waals surface area contributed by atoms with Crippen molar-refractivity contribution in [2.24, 2.45) is 0 Å². The Morgan fingerprint density at radius 2 is 2.00 bits per heavy atom. The molecule has 0 aliphatic carbocycles. The van der Waals surface area contributed by atoms with Crippen LogP contribution in [0, 0.1) is 11.6 Å². The molecule has 17 heavy (non-hydrogen) atoms. The fourth-order valence-corrected chi connectivity index (χ4v) is 1.99. The van der Waals surface area contributed by atoms with Gasteiger partial charge in [-0.2, -0.15) is 0 Å². The zero-order chi connectivity index (χ0) is 12.3. The smallest absolute Gasteiger partial charge is 0.140 e. The second-order valence-corrected chi connectivity index (χ2v) is 4.40. The molecular weight excluding hydrogens is 244 g/mol. The first-order valence-electron chi connectivity index (χ1n) is 4.88. The average Bonchev–Trinajstić information content (AvgIpc) is 2.34. The van der Waals surface area contributed by atoms with Gasteiger partial charge in [0, 0.05) is 17.2 Å². The van der Waals surface area contributed by atoms with Crippen molar-refractivity contribution >= 4 is 11.8 Å². The van der Waals surface area contributed by atoms with Crippen molar-refractivity contribution < 1.29 is 13.9 Å². The lowest BCUT2D eigenvalue weighted by atomic mass is 10.3. The van der Waals surface area contributed by atoms with Crippen molar-refractivity contribution in [3.05, 3.63) is 53.7 Å². The van der Waals surface area contributed by atoms with Gasteiger partial charge in [-0.3, -0.25) is 0 Å². The lowest BCUT2D eigenvalue weighted by Crippen LogP contribution is -1.88. The molecule has 1 heterocycles. The summed E-state index contributed by atoms with van der Waals surface area (Å²) < 4.78 is 26.0. The Labute approximate surface area is 101 Å². The molecule has 0 bridgehead atoms. The molecule has 0 saturated carbocycles. The third kappa shape index (κ3) is 3.01. The predicted octanol–water partition coefficient (Wildman–Crippen LogP) is 3.00. The molecule has 2 rings (SSSR count). The summed E-state index contributed by atoms with van der Waals surface area (Å²) in [6, 6.07) is 6.80. The lowest BCUT2D eigenvalue weighted by molar-refractivity contribution is 0.281. The van der Waals surface area contributed by atoms with Gasteiger partial charge >= 0.3 is 0 Å². The molecule has 1 N–H and O–H groups in total. The summed E-state index contributed by atoms with van der Waals surface area (Å²) in [5, 5.41) is 9.43. The number of rotatable bonds is 3. The fourth-order valence-electron chi connectivity index (χ4n) is 1.24. The number of aromatic nitrogens is 1. The molecule has 1 aromatic carbocycles. The van der Waals surface area contributed by atoms with Crippen molar-refractivity contribution in [1.29, 1.82) is 0 Å². The van der Waals surface area contributed by atoms with E-state index in [2.05, 4.69) is 4.98 Å². The maximum absolute atomic E-state index is 13.4. The standard InChI is InChI=1S/C12H9F2NOS/c13-9-2-3-11(10(14)5-9)17-12-4-1-8(7-16)6-15-12/h1-6,16H,7H2. The number of hydrogen-bond donors (Lipinski definition) is 1. The third-order valence-corrected chi connectivity index (χ3v) is 3.09. The molecule has 88 valence electrons. The zero-order valence-corrected chi connectivity index (χ0v) is 9.55. The highest BCUT2D eigenvalue weighted by Gasteiger charge is 2.06. The van der Waals surface area contributed by atoms with Gasteiger partial charge in [-0.1, -0.05) is 17.8 Å². The van der Waals surface area contributed by atoms with E-state index in [9.17, 15) is 8.78 Å². The molecule has 2 nitrogen and oxygen atoms in total. The second-order valence-electron chi connectivity index (χ2n) is 3.34. The zero-order valence-electron chi connectivity index (χ0n) is 8.73. The van der Waals surface area contributed by atoms with Gasteiger partial charge in [0.15, 0.2) is 0 Å². The Bertz CT molecular complexity index is 516. The summed E-state index contributed by atoms with van der Waals surface area (Å²) in [6.45, 7) is -0.0805. The van der Waals surface area contributed by atoms with Crippen molar-refractivity contribution in [1.82, 2.24) is 4.98 Å². The molecule has 5 heteroatoms. The molecule has 0 aliphatic rings. The van der Waals surface area contributed by atoms with E-state index >= 15 is 0 Å². The maximum Gasteiger partial charge on any atom is 0.140 e. The van der Waals surface area contributed by atoms with Crippen LogP contribution in [-0.2, 0) is 6.61 Å². The van der Waals surface area contributed by atoms with E-state index in [-0.39, 0.29) is 6.61 Å². The normalized spacial score (nSPS) is 10.5. The van der Waals surface area contributed by atoms with Crippen LogP contribution in [0.15, 0.2) is 46.5 Å². The molecule has 0 atom stereocenters. The Morgan fingerprint density at radius 3 is 2.59 bits per heavy atom. The molecule has 0 spiro atoms. The highest BCUT2D eigenvalue weighted by atomic mass is 32.2. The molecule has 0 saturated heterocycles. The highest BCUT2D eigenvalue weighted by molar-refractivity contribution is 7.99. The summed E-state index contributed by atoms with van der Waals surface area (Å²) in [6.07, 6.45) is 1.52. The van der Waals surface area contributed by atoms with E-state index in [1.807, 2.05) is 0 Å². The molecular formula is C12H9F2NOS. The molecule has 1 aromatic heterocycles. The topological polar surface area (TPSA) is 33.1 Å². The van der Waals surface area contributed by atoms with Crippen LogP contribution in [0.3, 0.4) is 0 Å². The van der Waals surface area contributed by atoms with Gasteiger partial charge in [0.1, 0.15) is 16.7 Å².